The molecule has 0 aromatic heterocycles. The molecular weight excluding hydrogens is 380 g/mol. The molecule has 0 saturated carbocycles. The number of amides is 2. The number of nitrogens with zero attached hydrogens (tertiary/aromatic N) is 1. The maximum Gasteiger partial charge on any atom is 0.317 e. The molecule has 0 atom stereocenters. The number of carbonyl (C=O) groups is 1. The lowest BCUT2D eigenvalue weighted by molar-refractivity contribution is 0.202. The fourth-order valence-corrected chi connectivity index (χ4v) is 3.33. The first-order valence-electron chi connectivity index (χ1n) is 5.86. The smallest absolute Gasteiger partial charge is 0.317 e. The maximum atomic E-state index is 11.3. The van der Waals surface area contributed by atoms with Gasteiger partial charge in [0.2, 0.25) is 0 Å². The number of hydrogen-bond donors (Lipinski definition) is 2. The molecule has 1 aromatic rings. The molecule has 5 nitrogen and oxygen atoms in total. The van der Waals surface area contributed by atoms with Gasteiger partial charge in [0, 0.05) is 13.1 Å². The van der Waals surface area contributed by atoms with Crippen molar-refractivity contribution in [3.63, 3.8) is 0 Å². The normalized spacial score (nSPS) is 14.7. The van der Waals surface area contributed by atoms with Gasteiger partial charge in [0.15, 0.2) is 0 Å². The third kappa shape index (κ3) is 3.61. The maximum absolute atomic E-state index is 11.3. The molecule has 0 aliphatic carbocycles. The standard InChI is InChI=1S/C12H14Br2N2O3/c13-9-5-8(7-17)6-10(14)11(9)19-4-3-16-2-1-15-12(16)18/h5-6,17H,1-4,7H2,(H,15,18). The molecule has 1 aromatic carbocycles. The zero-order valence-corrected chi connectivity index (χ0v) is 13.3. The molecule has 2 amide bonds. The Labute approximate surface area is 128 Å². The van der Waals surface area contributed by atoms with Crippen LogP contribution in [0.15, 0.2) is 21.1 Å². The summed E-state index contributed by atoms with van der Waals surface area (Å²) in [6, 6.07) is 3.57. The zero-order valence-electron chi connectivity index (χ0n) is 10.2. The van der Waals surface area contributed by atoms with Gasteiger partial charge in [0.25, 0.3) is 0 Å². The van der Waals surface area contributed by atoms with E-state index >= 15 is 0 Å². The Hall–Kier alpha value is -0.790. The van der Waals surface area contributed by atoms with Crippen LogP contribution < -0.4 is 10.1 Å². The second-order valence-corrected chi connectivity index (χ2v) is 5.82. The van der Waals surface area contributed by atoms with Crippen LogP contribution in [0.1, 0.15) is 5.56 Å². The summed E-state index contributed by atoms with van der Waals surface area (Å²) in [4.78, 5) is 13.1. The molecule has 1 fully saturated rings. The van der Waals surface area contributed by atoms with E-state index in [2.05, 4.69) is 37.2 Å². The summed E-state index contributed by atoms with van der Waals surface area (Å²) in [5.41, 5.74) is 0.796. The number of nitrogens with one attached hydrogen (secondary N) is 1. The van der Waals surface area contributed by atoms with Crippen LogP contribution in [0.4, 0.5) is 4.79 Å². The van der Waals surface area contributed by atoms with E-state index < -0.39 is 0 Å². The summed E-state index contributed by atoms with van der Waals surface area (Å²) in [5.74, 6) is 0.678. The lowest BCUT2D eigenvalue weighted by Gasteiger charge is -2.16. The van der Waals surface area contributed by atoms with Crippen molar-refractivity contribution in [2.45, 2.75) is 6.61 Å². The third-order valence-corrected chi connectivity index (χ3v) is 3.97. The van der Waals surface area contributed by atoms with E-state index in [4.69, 9.17) is 9.84 Å². The molecule has 0 radical (unpaired) electrons. The van der Waals surface area contributed by atoms with Gasteiger partial charge < -0.3 is 20.1 Å². The predicted molar refractivity (Wildman–Crippen MR) is 78.2 cm³/mol. The number of ether oxygens (including phenoxy) is 1. The molecule has 7 heteroatoms. The molecule has 1 aliphatic heterocycles. The van der Waals surface area contributed by atoms with E-state index in [1.54, 1.807) is 4.90 Å². The van der Waals surface area contributed by atoms with Crippen LogP contribution in [0.3, 0.4) is 0 Å². The van der Waals surface area contributed by atoms with Gasteiger partial charge in [-0.05, 0) is 49.6 Å². The van der Waals surface area contributed by atoms with Crippen molar-refractivity contribution in [1.29, 1.82) is 0 Å². The molecule has 1 heterocycles. The van der Waals surface area contributed by atoms with Crippen LogP contribution in [0.25, 0.3) is 0 Å². The summed E-state index contributed by atoms with van der Waals surface area (Å²) >= 11 is 6.81. The van der Waals surface area contributed by atoms with Crippen molar-refractivity contribution in [2.24, 2.45) is 0 Å². The second-order valence-electron chi connectivity index (χ2n) is 4.11. The number of carbonyl (C=O) groups excluding carboxylic acids is 1. The number of rotatable bonds is 5. The minimum absolute atomic E-state index is 0.0224. The molecule has 2 rings (SSSR count). The highest BCUT2D eigenvalue weighted by Crippen LogP contribution is 2.34. The zero-order chi connectivity index (χ0) is 13.8. The average molecular weight is 394 g/mol. The molecule has 2 N–H and O–H groups in total. The number of aliphatic hydroxyl groups excluding tert-OH is 1. The van der Waals surface area contributed by atoms with E-state index in [-0.39, 0.29) is 12.6 Å². The van der Waals surface area contributed by atoms with E-state index in [9.17, 15) is 4.79 Å². The van der Waals surface area contributed by atoms with Gasteiger partial charge in [-0.2, -0.15) is 0 Å². The van der Waals surface area contributed by atoms with Gasteiger partial charge in [-0.3, -0.25) is 0 Å². The number of hydrogen-bond acceptors (Lipinski definition) is 3. The van der Waals surface area contributed by atoms with E-state index in [0.717, 1.165) is 14.5 Å². The summed E-state index contributed by atoms with van der Waals surface area (Å²) in [6.07, 6.45) is 0. The first-order valence-corrected chi connectivity index (χ1v) is 7.44. The van der Waals surface area contributed by atoms with Crippen molar-refractivity contribution in [3.05, 3.63) is 26.6 Å². The summed E-state index contributed by atoms with van der Waals surface area (Å²) < 4.78 is 7.23. The number of halogens is 2. The Morgan fingerprint density at radius 3 is 2.58 bits per heavy atom. The Morgan fingerprint density at radius 2 is 2.05 bits per heavy atom. The van der Waals surface area contributed by atoms with Crippen LogP contribution in [0.2, 0.25) is 0 Å². The Bertz CT molecular complexity index is 459. The van der Waals surface area contributed by atoms with Crippen LogP contribution in [-0.4, -0.2) is 42.3 Å². The molecule has 0 unspecified atom stereocenters. The largest absolute Gasteiger partial charge is 0.489 e. The second kappa shape index (κ2) is 6.58. The highest BCUT2D eigenvalue weighted by Gasteiger charge is 2.19. The van der Waals surface area contributed by atoms with Gasteiger partial charge >= 0.3 is 6.03 Å². The predicted octanol–water partition coefficient (Wildman–Crippen LogP) is 2.11. The molecule has 1 aliphatic rings. The summed E-state index contributed by atoms with van der Waals surface area (Å²) in [6.45, 7) is 2.35. The van der Waals surface area contributed by atoms with Gasteiger partial charge in [0.1, 0.15) is 12.4 Å². The minimum atomic E-state index is -0.0441. The van der Waals surface area contributed by atoms with Crippen molar-refractivity contribution in [2.75, 3.05) is 26.2 Å². The Balaban J connectivity index is 1.94. The number of benzene rings is 1. The van der Waals surface area contributed by atoms with Crippen LogP contribution in [0, 0.1) is 0 Å². The first-order chi connectivity index (χ1) is 9.11. The molecule has 104 valence electrons. The summed E-state index contributed by atoms with van der Waals surface area (Å²) in [7, 11) is 0. The molecule has 1 saturated heterocycles. The van der Waals surface area contributed by atoms with Crippen molar-refractivity contribution in [3.8, 4) is 5.75 Å². The van der Waals surface area contributed by atoms with E-state index in [1.165, 1.54) is 0 Å². The number of urea groups is 1. The van der Waals surface area contributed by atoms with Crippen molar-refractivity contribution in [1.82, 2.24) is 10.2 Å². The van der Waals surface area contributed by atoms with Crippen LogP contribution >= 0.6 is 31.9 Å². The third-order valence-electron chi connectivity index (χ3n) is 2.79. The fourth-order valence-electron chi connectivity index (χ4n) is 1.82. The van der Waals surface area contributed by atoms with Crippen LogP contribution in [-0.2, 0) is 6.61 Å². The van der Waals surface area contributed by atoms with Gasteiger partial charge in [-0.25, -0.2) is 4.79 Å². The monoisotopic (exact) mass is 392 g/mol. The average Bonchev–Trinajstić information content (AvgIpc) is 2.78. The lowest BCUT2D eigenvalue weighted by atomic mass is 10.2. The minimum Gasteiger partial charge on any atom is -0.489 e. The van der Waals surface area contributed by atoms with E-state index in [0.29, 0.717) is 32.0 Å². The summed E-state index contributed by atoms with van der Waals surface area (Å²) in [5, 5.41) is 11.8. The van der Waals surface area contributed by atoms with Crippen molar-refractivity contribution >= 4 is 37.9 Å². The van der Waals surface area contributed by atoms with E-state index in [1.807, 2.05) is 12.1 Å². The SMILES string of the molecule is O=C1NCCN1CCOc1c(Br)cc(CO)cc1Br. The molecular formula is C12H14Br2N2O3. The highest BCUT2D eigenvalue weighted by atomic mass is 79.9. The Morgan fingerprint density at radius 1 is 1.37 bits per heavy atom. The first kappa shape index (κ1) is 14.6. The Kier molecular flexibility index (Phi) is 5.06. The van der Waals surface area contributed by atoms with Gasteiger partial charge in [-0.1, -0.05) is 0 Å². The highest BCUT2D eigenvalue weighted by molar-refractivity contribution is 9.11. The molecule has 19 heavy (non-hydrogen) atoms. The topological polar surface area (TPSA) is 61.8 Å². The lowest BCUT2D eigenvalue weighted by Crippen LogP contribution is -2.31. The number of aliphatic hydroxyl groups is 1. The quantitative estimate of drug-likeness (QED) is 0.805. The van der Waals surface area contributed by atoms with Crippen LogP contribution in [0.5, 0.6) is 5.75 Å². The fraction of sp³-hybridized carbons (Fsp3) is 0.417. The van der Waals surface area contributed by atoms with Gasteiger partial charge in [0.05, 0.1) is 22.1 Å². The van der Waals surface area contributed by atoms with Gasteiger partial charge in [-0.15, -0.1) is 0 Å². The molecule has 0 bridgehead atoms. The molecule has 0 spiro atoms. The van der Waals surface area contributed by atoms with Crippen molar-refractivity contribution < 1.29 is 14.6 Å².